The second-order valence-corrected chi connectivity index (χ2v) is 7.14. The number of anilines is 3. The third kappa shape index (κ3) is 4.84. The largest absolute Gasteiger partial charge is 0.330 e. The number of benzene rings is 2. The molecule has 2 N–H and O–H groups in total. The van der Waals surface area contributed by atoms with Crippen molar-refractivity contribution in [2.24, 2.45) is 0 Å². The summed E-state index contributed by atoms with van der Waals surface area (Å²) in [6.45, 7) is 2.07. The van der Waals surface area contributed by atoms with Gasteiger partial charge < -0.3 is 10.6 Å². The fourth-order valence-corrected chi connectivity index (χ4v) is 3.34. The number of rotatable bonds is 7. The number of para-hydroxylation sites is 1. The van der Waals surface area contributed by atoms with Crippen LogP contribution in [0.25, 0.3) is 11.3 Å². The van der Waals surface area contributed by atoms with Gasteiger partial charge in [-0.2, -0.15) is 0 Å². The third-order valence-corrected chi connectivity index (χ3v) is 4.93. The van der Waals surface area contributed by atoms with Gasteiger partial charge in [-0.25, -0.2) is 4.98 Å². The van der Waals surface area contributed by atoms with E-state index in [1.807, 2.05) is 53.9 Å². The van der Waals surface area contributed by atoms with Crippen molar-refractivity contribution in [1.29, 1.82) is 0 Å². The zero-order valence-corrected chi connectivity index (χ0v) is 16.0. The average molecular weight is 386 g/mol. The highest BCUT2D eigenvalue weighted by molar-refractivity contribution is 7.14. The van der Waals surface area contributed by atoms with Crippen molar-refractivity contribution in [3.05, 3.63) is 58.9 Å². The highest BCUT2D eigenvalue weighted by Crippen LogP contribution is 2.30. The monoisotopic (exact) mass is 385 g/mol. The number of aromatic nitrogens is 1. The molecule has 0 aliphatic rings. The van der Waals surface area contributed by atoms with Crippen molar-refractivity contribution in [3.8, 4) is 11.3 Å². The zero-order chi connectivity index (χ0) is 18.4. The maximum atomic E-state index is 11.8. The zero-order valence-electron chi connectivity index (χ0n) is 14.5. The van der Waals surface area contributed by atoms with Gasteiger partial charge in [0.15, 0.2) is 5.13 Å². The Labute approximate surface area is 162 Å². The predicted molar refractivity (Wildman–Crippen MR) is 110 cm³/mol. The van der Waals surface area contributed by atoms with Crippen LogP contribution in [0.1, 0.15) is 26.2 Å². The molecule has 0 spiro atoms. The van der Waals surface area contributed by atoms with E-state index in [0.717, 1.165) is 40.6 Å². The standard InChI is InChI=1S/C20H20ClN3OS/c1-2-3-8-19(25)22-15-11-9-14(10-12-15)18-13-26-20(24-18)23-17-7-5-4-6-16(17)21/h4-7,9-13H,2-3,8H2,1H3,(H,22,25)(H,23,24). The van der Waals surface area contributed by atoms with Gasteiger partial charge in [0.05, 0.1) is 16.4 Å². The third-order valence-electron chi connectivity index (χ3n) is 3.84. The lowest BCUT2D eigenvalue weighted by Crippen LogP contribution is -2.10. The van der Waals surface area contributed by atoms with Crippen molar-refractivity contribution in [2.75, 3.05) is 10.6 Å². The smallest absolute Gasteiger partial charge is 0.224 e. The van der Waals surface area contributed by atoms with Gasteiger partial charge in [-0.1, -0.05) is 49.2 Å². The Morgan fingerprint density at radius 3 is 2.65 bits per heavy atom. The van der Waals surface area contributed by atoms with Crippen LogP contribution in [0.5, 0.6) is 0 Å². The predicted octanol–water partition coefficient (Wildman–Crippen LogP) is 6.34. The van der Waals surface area contributed by atoms with E-state index >= 15 is 0 Å². The molecule has 0 saturated heterocycles. The minimum absolute atomic E-state index is 0.0551. The van der Waals surface area contributed by atoms with Gasteiger partial charge in [-0.05, 0) is 30.7 Å². The number of unbranched alkanes of at least 4 members (excludes halogenated alkanes) is 1. The number of carbonyl (C=O) groups is 1. The molecule has 0 radical (unpaired) electrons. The number of nitrogens with zero attached hydrogens (tertiary/aromatic N) is 1. The SMILES string of the molecule is CCCCC(=O)Nc1ccc(-c2csc(Nc3ccccc3Cl)n2)cc1. The second kappa shape index (κ2) is 8.83. The Morgan fingerprint density at radius 2 is 1.92 bits per heavy atom. The summed E-state index contributed by atoms with van der Waals surface area (Å²) in [5.41, 5.74) is 3.52. The lowest BCUT2D eigenvalue weighted by Gasteiger charge is -2.06. The molecule has 6 heteroatoms. The normalized spacial score (nSPS) is 10.5. The van der Waals surface area contributed by atoms with Gasteiger partial charge in [-0.15, -0.1) is 11.3 Å². The van der Waals surface area contributed by atoms with Crippen LogP contribution in [0, 0.1) is 0 Å². The van der Waals surface area contributed by atoms with Crippen molar-refractivity contribution in [2.45, 2.75) is 26.2 Å². The molecular weight excluding hydrogens is 366 g/mol. The topological polar surface area (TPSA) is 54.0 Å². The first-order valence-corrected chi connectivity index (χ1v) is 9.79. The Morgan fingerprint density at radius 1 is 1.15 bits per heavy atom. The van der Waals surface area contributed by atoms with Crippen LogP contribution >= 0.6 is 22.9 Å². The molecule has 3 aromatic rings. The first kappa shape index (κ1) is 18.4. The van der Waals surface area contributed by atoms with E-state index in [9.17, 15) is 4.79 Å². The molecule has 134 valence electrons. The summed E-state index contributed by atoms with van der Waals surface area (Å²) < 4.78 is 0. The number of hydrogen-bond acceptors (Lipinski definition) is 4. The highest BCUT2D eigenvalue weighted by Gasteiger charge is 2.07. The molecule has 1 amide bonds. The summed E-state index contributed by atoms with van der Waals surface area (Å²) in [4.78, 5) is 16.4. The maximum Gasteiger partial charge on any atom is 0.224 e. The van der Waals surface area contributed by atoms with Gasteiger partial charge in [0.25, 0.3) is 0 Å². The van der Waals surface area contributed by atoms with Crippen molar-refractivity contribution < 1.29 is 4.79 Å². The number of amides is 1. The number of nitrogens with one attached hydrogen (secondary N) is 2. The first-order chi connectivity index (χ1) is 12.7. The van der Waals surface area contributed by atoms with Gasteiger partial charge in [0, 0.05) is 23.1 Å². The van der Waals surface area contributed by atoms with Crippen LogP contribution in [0.4, 0.5) is 16.5 Å². The van der Waals surface area contributed by atoms with Crippen molar-refractivity contribution in [3.63, 3.8) is 0 Å². The fourth-order valence-electron chi connectivity index (χ4n) is 2.43. The van der Waals surface area contributed by atoms with Crippen LogP contribution in [-0.4, -0.2) is 10.9 Å². The summed E-state index contributed by atoms with van der Waals surface area (Å²) in [6, 6.07) is 15.3. The van der Waals surface area contributed by atoms with E-state index in [4.69, 9.17) is 11.6 Å². The minimum atomic E-state index is 0.0551. The van der Waals surface area contributed by atoms with E-state index in [-0.39, 0.29) is 5.91 Å². The van der Waals surface area contributed by atoms with E-state index in [0.29, 0.717) is 11.4 Å². The fraction of sp³-hybridized carbons (Fsp3) is 0.200. The average Bonchev–Trinajstić information content (AvgIpc) is 3.11. The Bertz CT molecular complexity index is 877. The summed E-state index contributed by atoms with van der Waals surface area (Å²) in [6.07, 6.45) is 2.48. The lowest BCUT2D eigenvalue weighted by molar-refractivity contribution is -0.116. The quantitative estimate of drug-likeness (QED) is 0.499. The van der Waals surface area contributed by atoms with Gasteiger partial charge in [0.2, 0.25) is 5.91 Å². The Balaban J connectivity index is 1.66. The molecule has 0 saturated carbocycles. The molecule has 0 atom stereocenters. The molecular formula is C20H20ClN3OS. The van der Waals surface area contributed by atoms with Gasteiger partial charge in [0.1, 0.15) is 0 Å². The van der Waals surface area contributed by atoms with Gasteiger partial charge >= 0.3 is 0 Å². The number of carbonyl (C=O) groups excluding carboxylic acids is 1. The minimum Gasteiger partial charge on any atom is -0.330 e. The molecule has 1 heterocycles. The Kier molecular flexibility index (Phi) is 6.26. The van der Waals surface area contributed by atoms with E-state index in [2.05, 4.69) is 22.5 Å². The second-order valence-electron chi connectivity index (χ2n) is 5.87. The van der Waals surface area contributed by atoms with Crippen LogP contribution in [0.15, 0.2) is 53.9 Å². The molecule has 26 heavy (non-hydrogen) atoms. The number of hydrogen-bond donors (Lipinski definition) is 2. The molecule has 0 fully saturated rings. The van der Waals surface area contributed by atoms with Crippen molar-refractivity contribution in [1.82, 2.24) is 4.98 Å². The molecule has 2 aromatic carbocycles. The van der Waals surface area contributed by atoms with Crippen LogP contribution in [0.2, 0.25) is 5.02 Å². The molecule has 1 aromatic heterocycles. The summed E-state index contributed by atoms with van der Waals surface area (Å²) in [5, 5.41) is 9.59. The van der Waals surface area contributed by atoms with Crippen molar-refractivity contribution >= 4 is 45.4 Å². The summed E-state index contributed by atoms with van der Waals surface area (Å²) in [5.74, 6) is 0.0551. The van der Waals surface area contributed by atoms with E-state index in [1.54, 1.807) is 0 Å². The number of halogens is 1. The maximum absolute atomic E-state index is 11.8. The van der Waals surface area contributed by atoms with Crippen LogP contribution < -0.4 is 10.6 Å². The molecule has 0 unspecified atom stereocenters. The van der Waals surface area contributed by atoms with Crippen LogP contribution in [0.3, 0.4) is 0 Å². The van der Waals surface area contributed by atoms with E-state index < -0.39 is 0 Å². The van der Waals surface area contributed by atoms with E-state index in [1.165, 1.54) is 11.3 Å². The van der Waals surface area contributed by atoms with Gasteiger partial charge in [-0.3, -0.25) is 4.79 Å². The lowest BCUT2D eigenvalue weighted by atomic mass is 10.1. The molecule has 3 rings (SSSR count). The molecule has 4 nitrogen and oxygen atoms in total. The molecule has 0 aliphatic carbocycles. The number of thiazole rings is 1. The first-order valence-electron chi connectivity index (χ1n) is 8.53. The summed E-state index contributed by atoms with van der Waals surface area (Å²) >= 11 is 7.69. The Hall–Kier alpha value is -2.37. The highest BCUT2D eigenvalue weighted by atomic mass is 35.5. The summed E-state index contributed by atoms with van der Waals surface area (Å²) in [7, 11) is 0. The molecule has 0 bridgehead atoms. The molecule has 0 aliphatic heterocycles. The van der Waals surface area contributed by atoms with Crippen LogP contribution in [-0.2, 0) is 4.79 Å².